The van der Waals surface area contributed by atoms with Crippen LogP contribution in [0, 0.1) is 0 Å². The van der Waals surface area contributed by atoms with Crippen LogP contribution in [0.1, 0.15) is 25.0 Å². The molecule has 0 amide bonds. The molecule has 0 saturated heterocycles. The molecule has 0 aliphatic carbocycles. The average molecular weight is 289 g/mol. The Morgan fingerprint density at radius 1 is 1.00 bits per heavy atom. The number of nitrogens with zero attached hydrogens (tertiary/aromatic N) is 1. The van der Waals surface area contributed by atoms with Crippen LogP contribution in [0.2, 0.25) is 5.02 Å². The summed E-state index contributed by atoms with van der Waals surface area (Å²) < 4.78 is 0. The molecule has 2 nitrogen and oxygen atoms in total. The molecule has 2 rings (SSSR count). The minimum atomic E-state index is 0.448. The number of anilines is 1. The first-order chi connectivity index (χ1) is 9.56. The summed E-state index contributed by atoms with van der Waals surface area (Å²) in [6.45, 7) is 6.15. The van der Waals surface area contributed by atoms with Crippen molar-refractivity contribution in [2.75, 3.05) is 5.73 Å². The van der Waals surface area contributed by atoms with E-state index in [2.05, 4.69) is 36.9 Å². The van der Waals surface area contributed by atoms with Gasteiger partial charge in [-0.3, -0.25) is 4.90 Å². The SMILES string of the molecule is CC(C)N(Cc1ccc(N)cc1)Cc1ccccc1Cl. The second-order valence-electron chi connectivity index (χ2n) is 5.33. The molecule has 0 bridgehead atoms. The summed E-state index contributed by atoms with van der Waals surface area (Å²) >= 11 is 6.25. The van der Waals surface area contributed by atoms with E-state index in [1.54, 1.807) is 0 Å². The second kappa shape index (κ2) is 6.78. The third-order valence-corrected chi connectivity index (χ3v) is 3.80. The summed E-state index contributed by atoms with van der Waals surface area (Å²) in [5.74, 6) is 0. The van der Waals surface area contributed by atoms with Crippen LogP contribution < -0.4 is 5.73 Å². The highest BCUT2D eigenvalue weighted by molar-refractivity contribution is 6.31. The third kappa shape index (κ3) is 3.99. The zero-order chi connectivity index (χ0) is 14.5. The Morgan fingerprint density at radius 2 is 1.65 bits per heavy atom. The van der Waals surface area contributed by atoms with Crippen molar-refractivity contribution in [3.63, 3.8) is 0 Å². The van der Waals surface area contributed by atoms with E-state index in [4.69, 9.17) is 17.3 Å². The van der Waals surface area contributed by atoms with Crippen LogP contribution in [-0.2, 0) is 13.1 Å². The maximum Gasteiger partial charge on any atom is 0.0451 e. The Labute approximate surface area is 126 Å². The van der Waals surface area contributed by atoms with Gasteiger partial charge in [0.1, 0.15) is 0 Å². The van der Waals surface area contributed by atoms with Crippen molar-refractivity contribution in [1.29, 1.82) is 0 Å². The molecule has 0 atom stereocenters. The zero-order valence-corrected chi connectivity index (χ0v) is 12.8. The van der Waals surface area contributed by atoms with Crippen molar-refractivity contribution < 1.29 is 0 Å². The molecule has 0 aliphatic rings. The molecule has 0 heterocycles. The molecule has 20 heavy (non-hydrogen) atoms. The molecule has 2 aromatic carbocycles. The predicted octanol–water partition coefficient (Wildman–Crippen LogP) is 4.33. The van der Waals surface area contributed by atoms with Crippen molar-refractivity contribution in [1.82, 2.24) is 4.90 Å². The number of hydrogen-bond donors (Lipinski definition) is 1. The molecule has 0 saturated carbocycles. The van der Waals surface area contributed by atoms with Gasteiger partial charge in [-0.1, -0.05) is 41.9 Å². The molecule has 0 aliphatic heterocycles. The molecule has 2 aromatic rings. The highest BCUT2D eigenvalue weighted by atomic mass is 35.5. The van der Waals surface area contributed by atoms with E-state index < -0.39 is 0 Å². The maximum absolute atomic E-state index is 6.25. The van der Waals surface area contributed by atoms with Gasteiger partial charge in [-0.15, -0.1) is 0 Å². The number of rotatable bonds is 5. The normalized spacial score (nSPS) is 11.2. The molecule has 2 N–H and O–H groups in total. The lowest BCUT2D eigenvalue weighted by Crippen LogP contribution is -2.29. The summed E-state index contributed by atoms with van der Waals surface area (Å²) in [6.07, 6.45) is 0. The van der Waals surface area contributed by atoms with E-state index in [0.29, 0.717) is 6.04 Å². The first-order valence-corrected chi connectivity index (χ1v) is 7.26. The van der Waals surface area contributed by atoms with Crippen molar-refractivity contribution >= 4 is 17.3 Å². The topological polar surface area (TPSA) is 29.3 Å². The second-order valence-corrected chi connectivity index (χ2v) is 5.74. The molecule has 0 unspecified atom stereocenters. The Bertz CT molecular complexity index is 549. The van der Waals surface area contributed by atoms with Crippen LogP contribution in [0.5, 0.6) is 0 Å². The quantitative estimate of drug-likeness (QED) is 0.830. The number of halogens is 1. The molecule has 0 fully saturated rings. The number of hydrogen-bond acceptors (Lipinski definition) is 2. The molecule has 0 aromatic heterocycles. The number of benzene rings is 2. The van der Waals surface area contributed by atoms with Gasteiger partial charge >= 0.3 is 0 Å². The third-order valence-electron chi connectivity index (χ3n) is 3.43. The van der Waals surface area contributed by atoms with Gasteiger partial charge in [0.15, 0.2) is 0 Å². The monoisotopic (exact) mass is 288 g/mol. The van der Waals surface area contributed by atoms with Gasteiger partial charge < -0.3 is 5.73 Å². The van der Waals surface area contributed by atoms with E-state index in [1.165, 1.54) is 11.1 Å². The summed E-state index contributed by atoms with van der Waals surface area (Å²) in [6, 6.07) is 16.5. The lowest BCUT2D eigenvalue weighted by atomic mass is 10.1. The van der Waals surface area contributed by atoms with Gasteiger partial charge in [0.05, 0.1) is 0 Å². The van der Waals surface area contributed by atoms with Gasteiger partial charge in [-0.05, 0) is 43.2 Å². The average Bonchev–Trinajstić information content (AvgIpc) is 2.42. The van der Waals surface area contributed by atoms with E-state index in [0.717, 1.165) is 23.8 Å². The van der Waals surface area contributed by atoms with Gasteiger partial charge in [0, 0.05) is 29.8 Å². The van der Waals surface area contributed by atoms with Crippen LogP contribution in [0.25, 0.3) is 0 Å². The van der Waals surface area contributed by atoms with Crippen molar-refractivity contribution in [2.24, 2.45) is 0 Å². The lowest BCUT2D eigenvalue weighted by molar-refractivity contribution is 0.204. The molecular formula is C17H21ClN2. The van der Waals surface area contributed by atoms with Gasteiger partial charge in [0.25, 0.3) is 0 Å². The molecule has 0 spiro atoms. The fourth-order valence-corrected chi connectivity index (χ4v) is 2.32. The van der Waals surface area contributed by atoms with Crippen LogP contribution >= 0.6 is 11.6 Å². The molecule has 0 radical (unpaired) electrons. The van der Waals surface area contributed by atoms with Crippen molar-refractivity contribution in [3.05, 3.63) is 64.7 Å². The summed E-state index contributed by atoms with van der Waals surface area (Å²) in [7, 11) is 0. The summed E-state index contributed by atoms with van der Waals surface area (Å²) in [5, 5.41) is 0.829. The minimum absolute atomic E-state index is 0.448. The molecule has 3 heteroatoms. The van der Waals surface area contributed by atoms with Crippen LogP contribution in [0.15, 0.2) is 48.5 Å². The van der Waals surface area contributed by atoms with Gasteiger partial charge in [-0.2, -0.15) is 0 Å². The van der Waals surface area contributed by atoms with Crippen LogP contribution in [0.4, 0.5) is 5.69 Å². The number of nitrogens with two attached hydrogens (primary N) is 1. The standard InChI is InChI=1S/C17H21ClN2/c1-13(2)20(11-14-7-9-16(19)10-8-14)12-15-5-3-4-6-17(15)18/h3-10,13H,11-12,19H2,1-2H3. The zero-order valence-electron chi connectivity index (χ0n) is 12.0. The Hall–Kier alpha value is -1.51. The van der Waals surface area contributed by atoms with Crippen molar-refractivity contribution in [3.8, 4) is 0 Å². The van der Waals surface area contributed by atoms with E-state index >= 15 is 0 Å². The van der Waals surface area contributed by atoms with E-state index in [9.17, 15) is 0 Å². The lowest BCUT2D eigenvalue weighted by Gasteiger charge is -2.27. The fraction of sp³-hybridized carbons (Fsp3) is 0.294. The van der Waals surface area contributed by atoms with Crippen LogP contribution in [-0.4, -0.2) is 10.9 Å². The highest BCUT2D eigenvalue weighted by Gasteiger charge is 2.12. The first kappa shape index (κ1) is 14.9. The fourth-order valence-electron chi connectivity index (χ4n) is 2.12. The van der Waals surface area contributed by atoms with Crippen LogP contribution in [0.3, 0.4) is 0 Å². The highest BCUT2D eigenvalue weighted by Crippen LogP contribution is 2.20. The Kier molecular flexibility index (Phi) is 5.05. The largest absolute Gasteiger partial charge is 0.399 e. The minimum Gasteiger partial charge on any atom is -0.399 e. The van der Waals surface area contributed by atoms with Crippen molar-refractivity contribution in [2.45, 2.75) is 33.0 Å². The Balaban J connectivity index is 2.11. The van der Waals surface area contributed by atoms with Gasteiger partial charge in [-0.25, -0.2) is 0 Å². The molecular weight excluding hydrogens is 268 g/mol. The Morgan fingerprint density at radius 3 is 2.25 bits per heavy atom. The summed E-state index contributed by atoms with van der Waals surface area (Å²) in [5.41, 5.74) is 8.96. The number of nitrogen functional groups attached to an aromatic ring is 1. The summed E-state index contributed by atoms with van der Waals surface area (Å²) in [4.78, 5) is 2.40. The van der Waals surface area contributed by atoms with E-state index in [-0.39, 0.29) is 0 Å². The molecule has 106 valence electrons. The first-order valence-electron chi connectivity index (χ1n) is 6.88. The predicted molar refractivity (Wildman–Crippen MR) is 86.7 cm³/mol. The smallest absolute Gasteiger partial charge is 0.0451 e. The van der Waals surface area contributed by atoms with E-state index in [1.807, 2.05) is 30.3 Å². The maximum atomic E-state index is 6.25. The van der Waals surface area contributed by atoms with Gasteiger partial charge in [0.2, 0.25) is 0 Å².